The van der Waals surface area contributed by atoms with Crippen molar-refractivity contribution in [2.24, 2.45) is 7.05 Å². The van der Waals surface area contributed by atoms with Crippen LogP contribution in [0.1, 0.15) is 16.1 Å². The summed E-state index contributed by atoms with van der Waals surface area (Å²) in [4.78, 5) is 23.5. The molecule has 1 amide bonds. The normalized spacial score (nSPS) is 10.1. The van der Waals surface area contributed by atoms with E-state index in [0.29, 0.717) is 12.3 Å². The van der Waals surface area contributed by atoms with Gasteiger partial charge in [-0.1, -0.05) is 30.3 Å². The van der Waals surface area contributed by atoms with Gasteiger partial charge in [0, 0.05) is 20.2 Å². The maximum Gasteiger partial charge on any atom is 0.267 e. The van der Waals surface area contributed by atoms with Crippen LogP contribution in [0.2, 0.25) is 0 Å². The van der Waals surface area contributed by atoms with Gasteiger partial charge in [-0.15, -0.1) is 0 Å². The molecule has 1 aromatic carbocycles. The summed E-state index contributed by atoms with van der Waals surface area (Å²) >= 11 is 0. The van der Waals surface area contributed by atoms with Gasteiger partial charge in [-0.3, -0.25) is 9.59 Å². The highest BCUT2D eigenvalue weighted by Gasteiger charge is 2.11. The molecule has 20 heavy (non-hydrogen) atoms. The lowest BCUT2D eigenvalue weighted by molar-refractivity contribution is 0.0954. The van der Waals surface area contributed by atoms with Crippen LogP contribution >= 0.6 is 0 Å². The molecule has 0 unspecified atom stereocenters. The fourth-order valence-corrected chi connectivity index (χ4v) is 1.80. The summed E-state index contributed by atoms with van der Waals surface area (Å²) in [6.45, 7) is 0.315. The Labute approximate surface area is 116 Å². The molecule has 0 spiro atoms. The van der Waals surface area contributed by atoms with Crippen LogP contribution in [-0.4, -0.2) is 17.5 Å². The second-order valence-electron chi connectivity index (χ2n) is 4.35. The summed E-state index contributed by atoms with van der Waals surface area (Å²) < 4.78 is 7.08. The third-order valence-electron chi connectivity index (χ3n) is 2.90. The van der Waals surface area contributed by atoms with Crippen molar-refractivity contribution < 1.29 is 9.53 Å². The summed E-state index contributed by atoms with van der Waals surface area (Å²) in [7, 11) is 3.21. The van der Waals surface area contributed by atoms with E-state index in [2.05, 4.69) is 5.32 Å². The van der Waals surface area contributed by atoms with Crippen molar-refractivity contribution in [2.45, 2.75) is 6.61 Å². The summed E-state index contributed by atoms with van der Waals surface area (Å²) in [5.74, 6) is -0.0804. The Bertz CT molecular complexity index is 663. The zero-order chi connectivity index (χ0) is 14.5. The molecule has 0 fully saturated rings. The van der Waals surface area contributed by atoms with Crippen LogP contribution in [0, 0.1) is 0 Å². The van der Waals surface area contributed by atoms with Gasteiger partial charge in [-0.25, -0.2) is 0 Å². The molecule has 0 bridgehead atoms. The first-order chi connectivity index (χ1) is 9.61. The molecule has 2 aromatic rings. The number of amides is 1. The molecular formula is C15H16N2O3. The van der Waals surface area contributed by atoms with E-state index in [1.807, 2.05) is 30.3 Å². The van der Waals surface area contributed by atoms with E-state index in [4.69, 9.17) is 4.74 Å². The predicted octanol–water partition coefficient (Wildman–Crippen LogP) is 1.32. The molecule has 2 rings (SSSR count). The Kier molecular flexibility index (Phi) is 4.20. The van der Waals surface area contributed by atoms with Gasteiger partial charge in [0.2, 0.25) is 5.43 Å². The minimum Gasteiger partial charge on any atom is -0.483 e. The van der Waals surface area contributed by atoms with Crippen LogP contribution < -0.4 is 15.5 Å². The van der Waals surface area contributed by atoms with Gasteiger partial charge < -0.3 is 14.6 Å². The fraction of sp³-hybridized carbons (Fsp3) is 0.200. The Morgan fingerprint density at radius 1 is 1.30 bits per heavy atom. The zero-order valence-corrected chi connectivity index (χ0v) is 11.4. The zero-order valence-electron chi connectivity index (χ0n) is 11.4. The highest BCUT2D eigenvalue weighted by molar-refractivity contribution is 5.92. The number of nitrogens with zero attached hydrogens (tertiary/aromatic N) is 1. The quantitative estimate of drug-likeness (QED) is 0.913. The minimum absolute atomic E-state index is 0.226. The Morgan fingerprint density at radius 3 is 2.65 bits per heavy atom. The van der Waals surface area contributed by atoms with Crippen LogP contribution in [0.15, 0.2) is 47.4 Å². The lowest BCUT2D eigenvalue weighted by atomic mass is 10.2. The molecule has 0 aliphatic heterocycles. The summed E-state index contributed by atoms with van der Waals surface area (Å²) in [6.07, 6.45) is 1.52. The topological polar surface area (TPSA) is 60.3 Å². The number of ether oxygens (including phenoxy) is 1. The molecule has 5 heteroatoms. The number of benzene rings is 1. The number of carbonyl (C=O) groups is 1. The molecule has 1 N–H and O–H groups in total. The van der Waals surface area contributed by atoms with Crippen LogP contribution in [0.25, 0.3) is 0 Å². The largest absolute Gasteiger partial charge is 0.483 e. The van der Waals surface area contributed by atoms with Crippen molar-refractivity contribution in [2.75, 3.05) is 7.05 Å². The Balaban J connectivity index is 2.19. The third kappa shape index (κ3) is 3.06. The summed E-state index contributed by atoms with van der Waals surface area (Å²) in [5, 5.41) is 2.49. The number of carbonyl (C=O) groups excluding carboxylic acids is 1. The maximum absolute atomic E-state index is 11.9. The van der Waals surface area contributed by atoms with E-state index in [0.717, 1.165) is 5.56 Å². The van der Waals surface area contributed by atoms with Crippen LogP contribution in [0.4, 0.5) is 0 Å². The van der Waals surface area contributed by atoms with Gasteiger partial charge in [-0.2, -0.15) is 0 Å². The number of hydrogen-bond donors (Lipinski definition) is 1. The van der Waals surface area contributed by atoms with Crippen molar-refractivity contribution in [1.29, 1.82) is 0 Å². The molecule has 1 aromatic heterocycles. The van der Waals surface area contributed by atoms with Gasteiger partial charge >= 0.3 is 0 Å². The highest BCUT2D eigenvalue weighted by atomic mass is 16.5. The molecule has 0 saturated heterocycles. The van der Waals surface area contributed by atoms with E-state index in [9.17, 15) is 9.59 Å². The first-order valence-electron chi connectivity index (χ1n) is 6.21. The van der Waals surface area contributed by atoms with Crippen molar-refractivity contribution in [3.05, 3.63) is 64.1 Å². The number of rotatable bonds is 4. The number of aromatic nitrogens is 1. The second kappa shape index (κ2) is 6.06. The van der Waals surface area contributed by atoms with Crippen molar-refractivity contribution >= 4 is 5.91 Å². The summed E-state index contributed by atoms with van der Waals surface area (Å²) in [6, 6.07) is 10.9. The van der Waals surface area contributed by atoms with E-state index < -0.39 is 0 Å². The van der Waals surface area contributed by atoms with Crippen LogP contribution in [0.3, 0.4) is 0 Å². The molecule has 0 aliphatic carbocycles. The minimum atomic E-state index is -0.308. The van der Waals surface area contributed by atoms with Gasteiger partial charge in [0.1, 0.15) is 12.3 Å². The molecule has 104 valence electrons. The SMILES string of the molecule is CNC(=O)c1cc(=O)c(OCc2ccccc2)cn1C. The molecule has 0 saturated carbocycles. The molecule has 0 atom stereocenters. The van der Waals surface area contributed by atoms with Crippen molar-refractivity contribution in [3.8, 4) is 5.75 Å². The average Bonchev–Trinajstić information content (AvgIpc) is 2.48. The fourth-order valence-electron chi connectivity index (χ4n) is 1.80. The Hall–Kier alpha value is -2.56. The monoisotopic (exact) mass is 272 g/mol. The summed E-state index contributed by atoms with van der Waals surface area (Å²) in [5.41, 5.74) is 0.965. The van der Waals surface area contributed by atoms with Crippen molar-refractivity contribution in [3.63, 3.8) is 0 Å². The number of aryl methyl sites for hydroxylation is 1. The van der Waals surface area contributed by atoms with Gasteiger partial charge in [-0.05, 0) is 5.56 Å². The van der Waals surface area contributed by atoms with E-state index >= 15 is 0 Å². The number of nitrogens with one attached hydrogen (secondary N) is 1. The smallest absolute Gasteiger partial charge is 0.267 e. The molecule has 0 aliphatic rings. The van der Waals surface area contributed by atoms with Gasteiger partial charge in [0.25, 0.3) is 5.91 Å². The number of hydrogen-bond acceptors (Lipinski definition) is 3. The van der Waals surface area contributed by atoms with E-state index in [-0.39, 0.29) is 17.1 Å². The predicted molar refractivity (Wildman–Crippen MR) is 75.8 cm³/mol. The first kappa shape index (κ1) is 13.9. The highest BCUT2D eigenvalue weighted by Crippen LogP contribution is 2.08. The van der Waals surface area contributed by atoms with Gasteiger partial charge in [0.15, 0.2) is 5.75 Å². The van der Waals surface area contributed by atoms with Gasteiger partial charge in [0.05, 0.1) is 6.20 Å². The van der Waals surface area contributed by atoms with Crippen LogP contribution in [-0.2, 0) is 13.7 Å². The third-order valence-corrected chi connectivity index (χ3v) is 2.90. The second-order valence-corrected chi connectivity index (χ2v) is 4.35. The maximum atomic E-state index is 11.9. The number of pyridine rings is 1. The first-order valence-corrected chi connectivity index (χ1v) is 6.21. The standard InChI is InChI=1S/C15H16N2O3/c1-16-15(19)12-8-13(18)14(9-17(12)2)20-10-11-6-4-3-5-7-11/h3-9H,10H2,1-2H3,(H,16,19). The van der Waals surface area contributed by atoms with E-state index in [1.54, 1.807) is 11.6 Å². The molecule has 1 heterocycles. The lowest BCUT2D eigenvalue weighted by Gasteiger charge is -2.10. The Morgan fingerprint density at radius 2 is 2.00 bits per heavy atom. The van der Waals surface area contributed by atoms with E-state index in [1.165, 1.54) is 19.3 Å². The average molecular weight is 272 g/mol. The molecule has 5 nitrogen and oxygen atoms in total. The lowest BCUT2D eigenvalue weighted by Crippen LogP contribution is -2.25. The molecular weight excluding hydrogens is 256 g/mol. The van der Waals surface area contributed by atoms with Crippen LogP contribution in [0.5, 0.6) is 5.75 Å². The molecule has 0 radical (unpaired) electrons. The van der Waals surface area contributed by atoms with Crippen molar-refractivity contribution in [1.82, 2.24) is 9.88 Å².